The van der Waals surface area contributed by atoms with Gasteiger partial charge in [-0.25, -0.2) is 4.79 Å². The Bertz CT molecular complexity index is 159. The maximum absolute atomic E-state index is 10.2. The molecule has 4 nitrogen and oxygen atoms in total. The van der Waals surface area contributed by atoms with Crippen molar-refractivity contribution in [3.8, 4) is 0 Å². The lowest BCUT2D eigenvalue weighted by atomic mass is 10.2. The quantitative estimate of drug-likeness (QED) is 0.477. The Labute approximate surface area is 91.6 Å². The Morgan fingerprint density at radius 2 is 1.93 bits per heavy atom. The molecule has 0 amide bonds. The Hall–Kier alpha value is -0.770. The highest BCUT2D eigenvalue weighted by atomic mass is 16.7. The van der Waals surface area contributed by atoms with Crippen LogP contribution in [0.5, 0.6) is 0 Å². The highest BCUT2D eigenvalue weighted by molar-refractivity contribution is 5.56. The average Bonchev–Trinajstić information content (AvgIpc) is 2.21. The van der Waals surface area contributed by atoms with E-state index in [2.05, 4.69) is 18.6 Å². The molecule has 0 aliphatic carbocycles. The van der Waals surface area contributed by atoms with Crippen molar-refractivity contribution < 1.29 is 19.4 Å². The van der Waals surface area contributed by atoms with Crippen molar-refractivity contribution in [2.24, 2.45) is 0 Å². The molecule has 0 aromatic heterocycles. The van der Waals surface area contributed by atoms with E-state index in [-0.39, 0.29) is 12.7 Å². The predicted molar refractivity (Wildman–Crippen MR) is 58.1 cm³/mol. The maximum atomic E-state index is 10.2. The highest BCUT2D eigenvalue weighted by Gasteiger charge is 2.11. The summed E-state index contributed by atoms with van der Waals surface area (Å²) in [5.41, 5.74) is 0. The average molecular weight is 218 g/mol. The van der Waals surface area contributed by atoms with E-state index in [1.807, 2.05) is 0 Å². The van der Waals surface area contributed by atoms with Gasteiger partial charge in [0.1, 0.15) is 6.61 Å². The fourth-order valence-electron chi connectivity index (χ4n) is 1.21. The molecule has 0 fully saturated rings. The molecule has 0 radical (unpaired) electrons. The van der Waals surface area contributed by atoms with Crippen LogP contribution in [0.1, 0.15) is 46.0 Å². The van der Waals surface area contributed by atoms with Crippen LogP contribution in [0.2, 0.25) is 0 Å². The minimum absolute atomic E-state index is 0.0763. The smallest absolute Gasteiger partial charge is 0.450 e. The van der Waals surface area contributed by atoms with Crippen molar-refractivity contribution in [3.05, 3.63) is 0 Å². The molecule has 0 heterocycles. The number of hydrogen-bond donors (Lipinski definition) is 1. The molecule has 0 spiro atoms. The SMILES string of the molecule is CCCCOC(CCCC)COC(=O)O. The third-order valence-corrected chi connectivity index (χ3v) is 2.12. The molecule has 90 valence electrons. The van der Waals surface area contributed by atoms with Gasteiger partial charge in [0.2, 0.25) is 0 Å². The van der Waals surface area contributed by atoms with Gasteiger partial charge in [-0.2, -0.15) is 0 Å². The van der Waals surface area contributed by atoms with Crippen molar-refractivity contribution in [2.75, 3.05) is 13.2 Å². The first-order chi connectivity index (χ1) is 7.20. The van der Waals surface area contributed by atoms with E-state index < -0.39 is 6.16 Å². The second-order valence-electron chi connectivity index (χ2n) is 3.57. The fraction of sp³-hybridized carbons (Fsp3) is 0.909. The van der Waals surface area contributed by atoms with Crippen LogP contribution in [0.4, 0.5) is 4.79 Å². The van der Waals surface area contributed by atoms with E-state index in [9.17, 15) is 4.79 Å². The normalized spacial score (nSPS) is 12.4. The second kappa shape index (κ2) is 9.77. The van der Waals surface area contributed by atoms with E-state index in [0.717, 1.165) is 32.1 Å². The fourth-order valence-corrected chi connectivity index (χ4v) is 1.21. The van der Waals surface area contributed by atoms with Crippen LogP contribution in [0, 0.1) is 0 Å². The zero-order valence-electron chi connectivity index (χ0n) is 9.70. The van der Waals surface area contributed by atoms with Crippen LogP contribution in [-0.4, -0.2) is 30.6 Å². The van der Waals surface area contributed by atoms with Crippen molar-refractivity contribution in [2.45, 2.75) is 52.1 Å². The van der Waals surface area contributed by atoms with Crippen molar-refractivity contribution in [1.29, 1.82) is 0 Å². The summed E-state index contributed by atoms with van der Waals surface area (Å²) in [5.74, 6) is 0. The summed E-state index contributed by atoms with van der Waals surface area (Å²) in [5, 5.41) is 8.38. The van der Waals surface area contributed by atoms with Gasteiger partial charge in [-0.05, 0) is 12.8 Å². The van der Waals surface area contributed by atoms with Crippen LogP contribution < -0.4 is 0 Å². The Kier molecular flexibility index (Phi) is 9.27. The molecule has 15 heavy (non-hydrogen) atoms. The zero-order chi connectivity index (χ0) is 11.5. The predicted octanol–water partition coefficient (Wildman–Crippen LogP) is 3.06. The first-order valence-electron chi connectivity index (χ1n) is 5.68. The number of carbonyl (C=O) groups is 1. The van der Waals surface area contributed by atoms with Gasteiger partial charge in [-0.1, -0.05) is 33.1 Å². The molecule has 0 rings (SSSR count). The van der Waals surface area contributed by atoms with Gasteiger partial charge in [-0.3, -0.25) is 0 Å². The minimum Gasteiger partial charge on any atom is -0.450 e. The summed E-state index contributed by atoms with van der Waals surface area (Å²) < 4.78 is 10.1. The Morgan fingerprint density at radius 1 is 1.27 bits per heavy atom. The molecule has 1 N–H and O–H groups in total. The number of carboxylic acid groups (broad SMARTS) is 1. The van der Waals surface area contributed by atoms with E-state index in [1.54, 1.807) is 0 Å². The van der Waals surface area contributed by atoms with Gasteiger partial charge in [-0.15, -0.1) is 0 Å². The van der Waals surface area contributed by atoms with Crippen LogP contribution in [0.25, 0.3) is 0 Å². The Balaban J connectivity index is 3.67. The van der Waals surface area contributed by atoms with Crippen LogP contribution in [0.3, 0.4) is 0 Å². The lowest BCUT2D eigenvalue weighted by molar-refractivity contribution is -0.0127. The van der Waals surface area contributed by atoms with Gasteiger partial charge in [0, 0.05) is 6.61 Å². The standard InChI is InChI=1S/C11H22O4/c1-3-5-7-10(9-15-11(12)13)14-8-6-4-2/h10H,3-9H2,1-2H3,(H,12,13). The number of ether oxygens (including phenoxy) is 2. The third kappa shape index (κ3) is 9.53. The number of rotatable bonds is 9. The molecule has 0 saturated heterocycles. The highest BCUT2D eigenvalue weighted by Crippen LogP contribution is 2.07. The van der Waals surface area contributed by atoms with Crippen LogP contribution in [0.15, 0.2) is 0 Å². The van der Waals surface area contributed by atoms with Crippen LogP contribution >= 0.6 is 0 Å². The second-order valence-corrected chi connectivity index (χ2v) is 3.57. The van der Waals surface area contributed by atoms with Gasteiger partial charge in [0.15, 0.2) is 0 Å². The molecule has 4 heteroatoms. The molecular weight excluding hydrogens is 196 g/mol. The molecule has 0 aromatic rings. The summed E-state index contributed by atoms with van der Waals surface area (Å²) in [6.07, 6.45) is 3.78. The zero-order valence-corrected chi connectivity index (χ0v) is 9.70. The summed E-state index contributed by atoms with van der Waals surface area (Å²) in [6.45, 7) is 5.03. The van der Waals surface area contributed by atoms with E-state index >= 15 is 0 Å². The Morgan fingerprint density at radius 3 is 2.47 bits per heavy atom. The number of hydrogen-bond acceptors (Lipinski definition) is 3. The lowest BCUT2D eigenvalue weighted by Gasteiger charge is -2.16. The molecule has 0 saturated carbocycles. The summed E-state index contributed by atoms with van der Waals surface area (Å²) in [7, 11) is 0. The van der Waals surface area contributed by atoms with Gasteiger partial charge in [0.05, 0.1) is 6.10 Å². The minimum atomic E-state index is -1.23. The van der Waals surface area contributed by atoms with E-state index in [1.165, 1.54) is 0 Å². The van der Waals surface area contributed by atoms with Crippen molar-refractivity contribution >= 4 is 6.16 Å². The molecule has 1 unspecified atom stereocenters. The summed E-state index contributed by atoms with van der Waals surface area (Å²) in [6, 6.07) is 0. The summed E-state index contributed by atoms with van der Waals surface area (Å²) in [4.78, 5) is 10.2. The van der Waals surface area contributed by atoms with Crippen molar-refractivity contribution in [1.82, 2.24) is 0 Å². The molecular formula is C11H22O4. The van der Waals surface area contributed by atoms with Crippen molar-refractivity contribution in [3.63, 3.8) is 0 Å². The molecule has 0 aliphatic rings. The van der Waals surface area contributed by atoms with Gasteiger partial charge >= 0.3 is 6.16 Å². The monoisotopic (exact) mass is 218 g/mol. The third-order valence-electron chi connectivity index (χ3n) is 2.12. The molecule has 0 aliphatic heterocycles. The first kappa shape index (κ1) is 14.2. The molecule has 1 atom stereocenters. The van der Waals surface area contributed by atoms with Crippen LogP contribution in [-0.2, 0) is 9.47 Å². The maximum Gasteiger partial charge on any atom is 0.505 e. The lowest BCUT2D eigenvalue weighted by Crippen LogP contribution is -2.22. The molecule has 0 bridgehead atoms. The summed E-state index contributed by atoms with van der Waals surface area (Å²) >= 11 is 0. The first-order valence-corrected chi connectivity index (χ1v) is 5.68. The van der Waals surface area contributed by atoms with E-state index in [4.69, 9.17) is 9.84 Å². The van der Waals surface area contributed by atoms with E-state index in [0.29, 0.717) is 6.61 Å². The number of unbranched alkanes of at least 4 members (excludes halogenated alkanes) is 2. The van der Waals surface area contributed by atoms with Gasteiger partial charge < -0.3 is 14.6 Å². The topological polar surface area (TPSA) is 55.8 Å². The van der Waals surface area contributed by atoms with Gasteiger partial charge in [0.25, 0.3) is 0 Å². The molecule has 0 aromatic carbocycles. The largest absolute Gasteiger partial charge is 0.505 e.